The molecule has 1 aliphatic rings. The molecule has 0 amide bonds. The lowest BCUT2D eigenvalue weighted by atomic mass is 9.92. The lowest BCUT2D eigenvalue weighted by Crippen LogP contribution is -2.37. The first-order chi connectivity index (χ1) is 11.6. The highest BCUT2D eigenvalue weighted by atomic mass is 19.1. The summed E-state index contributed by atoms with van der Waals surface area (Å²) < 4.78 is 20.5. The van der Waals surface area contributed by atoms with Crippen molar-refractivity contribution in [3.05, 3.63) is 48.3 Å². The Balaban J connectivity index is 1.83. The van der Waals surface area contributed by atoms with Crippen LogP contribution in [0.2, 0.25) is 0 Å². The van der Waals surface area contributed by atoms with Crippen LogP contribution in [0.3, 0.4) is 0 Å². The molecule has 1 N–H and O–H groups in total. The Bertz CT molecular complexity index is 940. The summed E-state index contributed by atoms with van der Waals surface area (Å²) in [7, 11) is 0. The van der Waals surface area contributed by atoms with E-state index in [9.17, 15) is 14.8 Å². The fourth-order valence-electron chi connectivity index (χ4n) is 2.83. The molecule has 0 spiro atoms. The summed E-state index contributed by atoms with van der Waals surface area (Å²) in [5.74, 6) is 0.00552. The van der Waals surface area contributed by atoms with Gasteiger partial charge in [-0.05, 0) is 18.2 Å². The molecule has 0 atom stereocenters. The Labute approximate surface area is 136 Å². The highest BCUT2D eigenvalue weighted by Crippen LogP contribution is 2.33. The number of rotatable bonds is 3. The Morgan fingerprint density at radius 1 is 1.33 bits per heavy atom. The molecule has 0 bridgehead atoms. The van der Waals surface area contributed by atoms with Gasteiger partial charge in [0.15, 0.2) is 0 Å². The normalized spacial score (nSPS) is 19.7. The zero-order valence-corrected chi connectivity index (χ0v) is 12.6. The topological polar surface area (TPSA) is 83.4 Å². The molecule has 3 heterocycles. The SMILES string of the molecule is N#Cc1cnn2cc(OC3CC(O)C3)cc(-c3ccc(F)nc3)c12. The number of aromatic nitrogens is 3. The Morgan fingerprint density at radius 2 is 2.17 bits per heavy atom. The van der Waals surface area contributed by atoms with Gasteiger partial charge in [-0.25, -0.2) is 9.50 Å². The molecule has 0 saturated heterocycles. The maximum atomic E-state index is 13.1. The van der Waals surface area contributed by atoms with Gasteiger partial charge in [0.05, 0.1) is 29.6 Å². The molecule has 3 aromatic heterocycles. The van der Waals surface area contributed by atoms with Gasteiger partial charge >= 0.3 is 0 Å². The van der Waals surface area contributed by atoms with Gasteiger partial charge in [-0.1, -0.05) is 0 Å². The van der Waals surface area contributed by atoms with Crippen LogP contribution in [0, 0.1) is 17.3 Å². The van der Waals surface area contributed by atoms with Crippen molar-refractivity contribution in [2.45, 2.75) is 25.0 Å². The van der Waals surface area contributed by atoms with Crippen molar-refractivity contribution >= 4 is 5.52 Å². The molecule has 0 aliphatic heterocycles. The second-order valence-electron chi connectivity index (χ2n) is 5.79. The van der Waals surface area contributed by atoms with Crippen LogP contribution >= 0.6 is 0 Å². The quantitative estimate of drug-likeness (QED) is 0.748. The largest absolute Gasteiger partial charge is 0.489 e. The molecule has 1 aliphatic carbocycles. The summed E-state index contributed by atoms with van der Waals surface area (Å²) in [5.41, 5.74) is 2.39. The van der Waals surface area contributed by atoms with E-state index in [-0.39, 0.29) is 12.2 Å². The lowest BCUT2D eigenvalue weighted by Gasteiger charge is -2.31. The van der Waals surface area contributed by atoms with Gasteiger partial charge in [0.25, 0.3) is 0 Å². The minimum absolute atomic E-state index is 0.0392. The number of nitriles is 1. The van der Waals surface area contributed by atoms with Crippen LogP contribution in [0.15, 0.2) is 36.8 Å². The maximum Gasteiger partial charge on any atom is 0.212 e. The number of pyridine rings is 2. The third kappa shape index (κ3) is 2.47. The predicted molar refractivity (Wildman–Crippen MR) is 82.8 cm³/mol. The monoisotopic (exact) mass is 324 g/mol. The number of ether oxygens (including phenoxy) is 1. The summed E-state index contributed by atoms with van der Waals surface area (Å²) in [6, 6.07) is 6.77. The summed E-state index contributed by atoms with van der Waals surface area (Å²) in [6.45, 7) is 0. The zero-order chi connectivity index (χ0) is 16.7. The summed E-state index contributed by atoms with van der Waals surface area (Å²) in [6.07, 6.45) is 5.42. The average molecular weight is 324 g/mol. The van der Waals surface area contributed by atoms with Crippen LogP contribution in [0.5, 0.6) is 5.75 Å². The van der Waals surface area contributed by atoms with Crippen molar-refractivity contribution < 1.29 is 14.2 Å². The van der Waals surface area contributed by atoms with Crippen LogP contribution in [-0.2, 0) is 0 Å². The first-order valence-corrected chi connectivity index (χ1v) is 7.52. The predicted octanol–water partition coefficient (Wildman–Crippen LogP) is 2.31. The van der Waals surface area contributed by atoms with E-state index in [0.29, 0.717) is 40.8 Å². The van der Waals surface area contributed by atoms with Crippen LogP contribution in [0.25, 0.3) is 16.6 Å². The molecule has 4 rings (SSSR count). The number of aliphatic hydroxyl groups excluding tert-OH is 1. The van der Waals surface area contributed by atoms with Crippen LogP contribution in [0.1, 0.15) is 18.4 Å². The van der Waals surface area contributed by atoms with Gasteiger partial charge in [-0.3, -0.25) is 0 Å². The van der Waals surface area contributed by atoms with Gasteiger partial charge in [0.1, 0.15) is 17.9 Å². The fraction of sp³-hybridized carbons (Fsp3) is 0.235. The second kappa shape index (κ2) is 5.58. The third-order valence-corrected chi connectivity index (χ3v) is 4.12. The molecule has 0 aromatic carbocycles. The zero-order valence-electron chi connectivity index (χ0n) is 12.6. The molecule has 3 aromatic rings. The first kappa shape index (κ1) is 14.6. The van der Waals surface area contributed by atoms with Gasteiger partial charge in [0, 0.05) is 30.2 Å². The number of halogens is 1. The van der Waals surface area contributed by atoms with Gasteiger partial charge in [-0.15, -0.1) is 0 Å². The molecule has 1 saturated carbocycles. The smallest absolute Gasteiger partial charge is 0.212 e. The Morgan fingerprint density at radius 3 is 2.83 bits per heavy atom. The number of hydrogen-bond acceptors (Lipinski definition) is 5. The van der Waals surface area contributed by atoms with Crippen molar-refractivity contribution in [1.29, 1.82) is 5.26 Å². The molecular weight excluding hydrogens is 311 g/mol. The molecule has 24 heavy (non-hydrogen) atoms. The highest BCUT2D eigenvalue weighted by molar-refractivity contribution is 5.84. The number of fused-ring (bicyclic) bond motifs is 1. The molecule has 120 valence electrons. The molecule has 1 fully saturated rings. The molecule has 0 radical (unpaired) electrons. The first-order valence-electron chi connectivity index (χ1n) is 7.52. The summed E-state index contributed by atoms with van der Waals surface area (Å²) >= 11 is 0. The van der Waals surface area contributed by atoms with Crippen molar-refractivity contribution in [3.8, 4) is 22.9 Å². The van der Waals surface area contributed by atoms with Crippen LogP contribution in [0.4, 0.5) is 4.39 Å². The fourth-order valence-corrected chi connectivity index (χ4v) is 2.83. The Kier molecular flexibility index (Phi) is 3.40. The van der Waals surface area contributed by atoms with Gasteiger partial charge < -0.3 is 9.84 Å². The van der Waals surface area contributed by atoms with E-state index in [0.717, 1.165) is 0 Å². The van der Waals surface area contributed by atoms with Crippen molar-refractivity contribution in [2.75, 3.05) is 0 Å². The van der Waals surface area contributed by atoms with E-state index in [2.05, 4.69) is 16.2 Å². The van der Waals surface area contributed by atoms with E-state index >= 15 is 0 Å². The molecule has 0 unspecified atom stereocenters. The lowest BCUT2D eigenvalue weighted by molar-refractivity contribution is -0.0109. The maximum absolute atomic E-state index is 13.1. The summed E-state index contributed by atoms with van der Waals surface area (Å²) in [4.78, 5) is 3.68. The third-order valence-electron chi connectivity index (χ3n) is 4.12. The van der Waals surface area contributed by atoms with Crippen molar-refractivity contribution in [1.82, 2.24) is 14.6 Å². The number of hydrogen-bond donors (Lipinski definition) is 1. The standard InChI is InChI=1S/C17H13FN4O2/c18-16-2-1-10(7-20-16)15-5-14(24-13-3-12(23)4-13)9-22-17(15)11(6-19)8-21-22/h1-2,5,7-9,12-13,23H,3-4H2. The minimum Gasteiger partial charge on any atom is -0.489 e. The molecular formula is C17H13FN4O2. The average Bonchev–Trinajstić information content (AvgIpc) is 2.96. The van der Waals surface area contributed by atoms with E-state index in [4.69, 9.17) is 4.74 Å². The van der Waals surface area contributed by atoms with E-state index in [1.807, 2.05) is 0 Å². The van der Waals surface area contributed by atoms with E-state index < -0.39 is 5.95 Å². The van der Waals surface area contributed by atoms with Crippen molar-refractivity contribution in [2.24, 2.45) is 0 Å². The van der Waals surface area contributed by atoms with Gasteiger partial charge in [0.2, 0.25) is 5.95 Å². The van der Waals surface area contributed by atoms with Gasteiger partial charge in [-0.2, -0.15) is 14.8 Å². The van der Waals surface area contributed by atoms with E-state index in [1.165, 1.54) is 18.5 Å². The van der Waals surface area contributed by atoms with Crippen LogP contribution in [-0.4, -0.2) is 31.9 Å². The number of nitrogens with zero attached hydrogens (tertiary/aromatic N) is 4. The van der Waals surface area contributed by atoms with Crippen molar-refractivity contribution in [3.63, 3.8) is 0 Å². The minimum atomic E-state index is -0.570. The number of aliphatic hydroxyl groups is 1. The second-order valence-corrected chi connectivity index (χ2v) is 5.79. The van der Waals surface area contributed by atoms with Crippen LogP contribution < -0.4 is 4.74 Å². The Hall–Kier alpha value is -2.98. The van der Waals surface area contributed by atoms with E-state index in [1.54, 1.807) is 22.8 Å². The highest BCUT2D eigenvalue weighted by Gasteiger charge is 2.29. The molecule has 7 heteroatoms. The molecule has 6 nitrogen and oxygen atoms in total. The summed E-state index contributed by atoms with van der Waals surface area (Å²) in [5, 5.41) is 22.9.